The van der Waals surface area contributed by atoms with E-state index >= 15 is 0 Å². The third-order valence-electron chi connectivity index (χ3n) is 4.94. The predicted octanol–water partition coefficient (Wildman–Crippen LogP) is 1.77. The summed E-state index contributed by atoms with van der Waals surface area (Å²) in [5, 5.41) is 4.38. The van der Waals surface area contributed by atoms with Gasteiger partial charge in [0.1, 0.15) is 0 Å². The number of hydrogen-bond donors (Lipinski definition) is 1. The summed E-state index contributed by atoms with van der Waals surface area (Å²) in [6, 6.07) is 12.8. The van der Waals surface area contributed by atoms with Gasteiger partial charge in [-0.15, -0.1) is 0 Å². The van der Waals surface area contributed by atoms with Gasteiger partial charge in [-0.1, -0.05) is 35.5 Å². The van der Waals surface area contributed by atoms with E-state index in [0.29, 0.717) is 24.0 Å². The average molecular weight is 400 g/mol. The van der Waals surface area contributed by atoms with Gasteiger partial charge in [0, 0.05) is 31.2 Å². The lowest BCUT2D eigenvalue weighted by Crippen LogP contribution is -2.52. The lowest BCUT2D eigenvalue weighted by atomic mass is 9.85. The van der Waals surface area contributed by atoms with E-state index in [2.05, 4.69) is 14.9 Å². The van der Waals surface area contributed by atoms with Crippen LogP contribution in [0.2, 0.25) is 0 Å². The number of amides is 1. The molecule has 0 spiro atoms. The SMILES string of the molecule is CS(=O)(=O)N[C@H]1CN(C(=O)c2onc3ncccc23)CC[C@H]1c1ccccc1. The van der Waals surface area contributed by atoms with Gasteiger partial charge in [0.25, 0.3) is 5.91 Å². The Bertz CT molecular complexity index is 1100. The molecule has 1 saturated heterocycles. The number of fused-ring (bicyclic) bond motifs is 1. The van der Waals surface area contributed by atoms with Gasteiger partial charge in [0.05, 0.1) is 11.6 Å². The number of benzene rings is 1. The van der Waals surface area contributed by atoms with Crippen molar-refractivity contribution < 1.29 is 17.7 Å². The third kappa shape index (κ3) is 3.76. The maximum Gasteiger partial charge on any atom is 0.293 e. The second-order valence-corrected chi connectivity index (χ2v) is 8.72. The quantitative estimate of drug-likeness (QED) is 0.716. The Morgan fingerprint density at radius 3 is 2.75 bits per heavy atom. The van der Waals surface area contributed by atoms with Crippen molar-refractivity contribution in [2.75, 3.05) is 19.3 Å². The van der Waals surface area contributed by atoms with Gasteiger partial charge in [0.2, 0.25) is 21.4 Å². The van der Waals surface area contributed by atoms with Crippen molar-refractivity contribution in [3.8, 4) is 0 Å². The molecule has 1 aliphatic heterocycles. The van der Waals surface area contributed by atoms with E-state index in [1.807, 2.05) is 30.3 Å². The van der Waals surface area contributed by atoms with E-state index in [9.17, 15) is 13.2 Å². The van der Waals surface area contributed by atoms with Gasteiger partial charge < -0.3 is 9.42 Å². The van der Waals surface area contributed by atoms with Crippen LogP contribution in [0.1, 0.15) is 28.5 Å². The molecule has 28 heavy (non-hydrogen) atoms. The first-order chi connectivity index (χ1) is 13.4. The van der Waals surface area contributed by atoms with Crippen LogP contribution in [0.25, 0.3) is 11.0 Å². The van der Waals surface area contributed by atoms with E-state index in [1.54, 1.807) is 23.2 Å². The molecule has 0 bridgehead atoms. The molecule has 1 aromatic carbocycles. The second kappa shape index (κ2) is 7.33. The van der Waals surface area contributed by atoms with Crippen LogP contribution >= 0.6 is 0 Å². The third-order valence-corrected chi connectivity index (χ3v) is 5.67. The summed E-state index contributed by atoms with van der Waals surface area (Å²) >= 11 is 0. The minimum Gasteiger partial charge on any atom is -0.348 e. The summed E-state index contributed by atoms with van der Waals surface area (Å²) in [6.07, 6.45) is 3.34. The molecule has 1 N–H and O–H groups in total. The summed E-state index contributed by atoms with van der Waals surface area (Å²) in [7, 11) is -3.44. The van der Waals surface area contributed by atoms with E-state index in [1.165, 1.54) is 0 Å². The normalized spacial score (nSPS) is 20.4. The molecule has 9 heteroatoms. The average Bonchev–Trinajstić information content (AvgIpc) is 3.11. The number of carbonyl (C=O) groups is 1. The molecular weight excluding hydrogens is 380 g/mol. The molecule has 1 fully saturated rings. The number of nitrogens with zero attached hydrogens (tertiary/aromatic N) is 3. The molecular formula is C19H20N4O4S. The molecule has 0 saturated carbocycles. The fourth-order valence-electron chi connectivity index (χ4n) is 3.71. The molecule has 0 radical (unpaired) electrons. The molecule has 2 aromatic heterocycles. The molecule has 1 aliphatic rings. The molecule has 0 aliphatic carbocycles. The molecule has 2 atom stereocenters. The highest BCUT2D eigenvalue weighted by atomic mass is 32.2. The van der Waals surface area contributed by atoms with Crippen molar-refractivity contribution in [1.82, 2.24) is 19.8 Å². The zero-order valence-electron chi connectivity index (χ0n) is 15.3. The minimum absolute atomic E-state index is 0.0203. The molecule has 4 rings (SSSR count). The minimum atomic E-state index is -3.44. The van der Waals surface area contributed by atoms with E-state index in [-0.39, 0.29) is 24.1 Å². The standard InChI is InChI=1S/C19H20N4O4S/c1-28(25,26)22-16-12-23(11-9-14(16)13-6-3-2-4-7-13)19(24)17-15-8-5-10-20-18(15)21-27-17/h2-8,10,14,16,22H,9,11-12H2,1H3/t14-,16-/m0/s1. The van der Waals surface area contributed by atoms with Crippen molar-refractivity contribution in [1.29, 1.82) is 0 Å². The van der Waals surface area contributed by atoms with Gasteiger partial charge in [-0.05, 0) is 24.1 Å². The lowest BCUT2D eigenvalue weighted by molar-refractivity contribution is 0.0648. The molecule has 3 heterocycles. The number of nitrogens with one attached hydrogen (secondary N) is 1. The number of likely N-dealkylation sites (tertiary alicyclic amines) is 1. The Hall–Kier alpha value is -2.78. The van der Waals surface area contributed by atoms with Gasteiger partial charge in [0.15, 0.2) is 0 Å². The van der Waals surface area contributed by atoms with Crippen molar-refractivity contribution in [3.05, 3.63) is 60.0 Å². The Labute approximate surface area is 162 Å². The van der Waals surface area contributed by atoms with Gasteiger partial charge in [-0.3, -0.25) is 4.79 Å². The highest BCUT2D eigenvalue weighted by Gasteiger charge is 2.35. The number of pyridine rings is 1. The Balaban J connectivity index is 1.61. The Morgan fingerprint density at radius 1 is 1.21 bits per heavy atom. The zero-order chi connectivity index (χ0) is 19.7. The van der Waals surface area contributed by atoms with Crippen molar-refractivity contribution in [3.63, 3.8) is 0 Å². The molecule has 8 nitrogen and oxygen atoms in total. The van der Waals surface area contributed by atoms with Gasteiger partial charge >= 0.3 is 0 Å². The van der Waals surface area contributed by atoms with Crippen molar-refractivity contribution in [2.45, 2.75) is 18.4 Å². The van der Waals surface area contributed by atoms with E-state index < -0.39 is 16.1 Å². The largest absolute Gasteiger partial charge is 0.348 e. The van der Waals surface area contributed by atoms with E-state index in [0.717, 1.165) is 11.8 Å². The summed E-state index contributed by atoms with van der Waals surface area (Å²) in [4.78, 5) is 18.7. The van der Waals surface area contributed by atoms with Crippen molar-refractivity contribution in [2.24, 2.45) is 0 Å². The number of piperidine rings is 1. The predicted molar refractivity (Wildman–Crippen MR) is 103 cm³/mol. The van der Waals surface area contributed by atoms with Crippen LogP contribution < -0.4 is 4.72 Å². The molecule has 3 aromatic rings. The number of aromatic nitrogens is 2. The van der Waals surface area contributed by atoms with Crippen LogP contribution in [0.4, 0.5) is 0 Å². The molecule has 0 unspecified atom stereocenters. The number of sulfonamides is 1. The first-order valence-corrected chi connectivity index (χ1v) is 10.8. The smallest absolute Gasteiger partial charge is 0.293 e. The van der Waals surface area contributed by atoms with Gasteiger partial charge in [-0.2, -0.15) is 0 Å². The van der Waals surface area contributed by atoms with Crippen LogP contribution in [0.15, 0.2) is 53.2 Å². The summed E-state index contributed by atoms with van der Waals surface area (Å²) in [6.45, 7) is 0.733. The number of hydrogen-bond acceptors (Lipinski definition) is 6. The summed E-state index contributed by atoms with van der Waals surface area (Å²) in [5.41, 5.74) is 1.42. The molecule has 146 valence electrons. The maximum atomic E-state index is 13.0. The fraction of sp³-hybridized carbons (Fsp3) is 0.316. The summed E-state index contributed by atoms with van der Waals surface area (Å²) < 4.78 is 31.7. The highest BCUT2D eigenvalue weighted by Crippen LogP contribution is 2.30. The first kappa shape index (κ1) is 18.6. The fourth-order valence-corrected chi connectivity index (χ4v) is 4.50. The van der Waals surface area contributed by atoms with Crippen LogP contribution in [-0.4, -0.2) is 54.8 Å². The monoisotopic (exact) mass is 400 g/mol. The highest BCUT2D eigenvalue weighted by molar-refractivity contribution is 7.88. The first-order valence-electron chi connectivity index (χ1n) is 8.94. The van der Waals surface area contributed by atoms with Crippen LogP contribution in [-0.2, 0) is 10.0 Å². The lowest BCUT2D eigenvalue weighted by Gasteiger charge is -2.38. The Morgan fingerprint density at radius 2 is 2.00 bits per heavy atom. The maximum absolute atomic E-state index is 13.0. The van der Waals surface area contributed by atoms with E-state index in [4.69, 9.17) is 4.52 Å². The zero-order valence-corrected chi connectivity index (χ0v) is 16.1. The van der Waals surface area contributed by atoms with Crippen LogP contribution in [0.3, 0.4) is 0 Å². The number of rotatable bonds is 4. The van der Waals surface area contributed by atoms with Crippen LogP contribution in [0, 0.1) is 0 Å². The summed E-state index contributed by atoms with van der Waals surface area (Å²) in [5.74, 6) is -0.213. The second-order valence-electron chi connectivity index (χ2n) is 6.94. The van der Waals surface area contributed by atoms with Crippen molar-refractivity contribution >= 4 is 27.0 Å². The van der Waals surface area contributed by atoms with Gasteiger partial charge in [-0.25, -0.2) is 18.1 Å². The Kier molecular flexibility index (Phi) is 4.86. The number of carbonyl (C=O) groups excluding carboxylic acids is 1. The molecule has 1 amide bonds. The van der Waals surface area contributed by atoms with Crippen LogP contribution in [0.5, 0.6) is 0 Å². The topological polar surface area (TPSA) is 105 Å².